The number of likely N-dealkylation sites (N-methyl/N-ethyl adjacent to an activating group) is 2. The lowest BCUT2D eigenvalue weighted by Gasteiger charge is -2.33. The predicted octanol–water partition coefficient (Wildman–Crippen LogP) is 18.5. The maximum absolute atomic E-state index is 12.7. The molecule has 0 fully saturated rings. The van der Waals surface area contributed by atoms with Crippen molar-refractivity contribution in [2.75, 3.05) is 94.0 Å². The molecule has 0 saturated carbocycles. The fourth-order valence-electron chi connectivity index (χ4n) is 12.8. The number of unbranched alkanes of at least 4 members (excludes halogenated alkanes) is 46. The Kier molecular flexibility index (Phi) is 89.8. The third-order valence-corrected chi connectivity index (χ3v) is 19.2. The SMILES string of the molecule is CCCCCCCC/C=C\CCCCCCCC(=O)OCC(C[N+](C)(C)CCO)OC(=O)CCCCCCC/C=C\CCCCCCCC.CCCCCCCC/C=C\CCCCCCCCOCC(C[N+](C)(C)CCCO)OCCCCCCCC/C=C\CCCCCCCC.[Br-].[Br-]. The van der Waals surface area contributed by atoms with Crippen LogP contribution in [0, 0.1) is 0 Å². The first-order valence-electron chi connectivity index (χ1n) is 42.4. The van der Waals surface area contributed by atoms with Crippen LogP contribution in [-0.4, -0.2) is 137 Å². The minimum atomic E-state index is -0.504. The molecule has 99 heavy (non-hydrogen) atoms. The lowest BCUT2D eigenvalue weighted by molar-refractivity contribution is -0.893. The zero-order valence-electron chi connectivity index (χ0n) is 67.1. The molecule has 0 radical (unpaired) electrons. The van der Waals surface area contributed by atoms with E-state index in [9.17, 15) is 19.8 Å². The summed E-state index contributed by atoms with van der Waals surface area (Å²) in [5, 5.41) is 18.8. The molecule has 10 nitrogen and oxygen atoms in total. The Bertz CT molecular complexity index is 1710. The number of allylic oxidation sites excluding steroid dienone is 8. The van der Waals surface area contributed by atoms with E-state index in [-0.39, 0.29) is 71.8 Å². The Labute approximate surface area is 638 Å². The molecule has 2 atom stereocenters. The minimum absolute atomic E-state index is 0. The van der Waals surface area contributed by atoms with Crippen LogP contribution in [0.4, 0.5) is 0 Å². The van der Waals surface area contributed by atoms with Crippen molar-refractivity contribution >= 4 is 11.9 Å². The van der Waals surface area contributed by atoms with E-state index in [1.54, 1.807) is 0 Å². The van der Waals surface area contributed by atoms with Gasteiger partial charge >= 0.3 is 11.9 Å². The van der Waals surface area contributed by atoms with Crippen molar-refractivity contribution in [2.45, 2.75) is 406 Å². The summed E-state index contributed by atoms with van der Waals surface area (Å²) in [5.41, 5.74) is 0. The van der Waals surface area contributed by atoms with Gasteiger partial charge in [-0.15, -0.1) is 0 Å². The normalized spacial score (nSPS) is 12.6. The van der Waals surface area contributed by atoms with Crippen molar-refractivity contribution in [3.63, 3.8) is 0 Å². The highest BCUT2D eigenvalue weighted by atomic mass is 79.9. The standard InChI is InChI=1S/C44H88NO3.C43H82NO5.2BrH/c1-5-7-9-11-13-15-17-19-21-23-25-27-29-31-33-35-40-47-43-44(42-45(3,4)38-37-39-46)48-41-36-34-32-30-28-26-24-22-20-18-16-14-12-10-8-6-2;1-5-7-9-11-13-15-17-19-21-23-25-27-29-31-33-35-42(46)48-40-41(39-44(3,4)37-38-45)49-43(47)36-34-32-30-28-26-24-22-20-18-16-14-12-10-8-6-2;;/h19-22,44,46H,5-18,23-43H2,1-4H3;19-22,41,45H,5-18,23-40H2,1-4H3;2*1H/q2*+1;;/p-2/b2*21-19-,22-20-;;. The summed E-state index contributed by atoms with van der Waals surface area (Å²) >= 11 is 0. The largest absolute Gasteiger partial charge is 1.00 e. The van der Waals surface area contributed by atoms with Crippen LogP contribution in [0.1, 0.15) is 394 Å². The summed E-state index contributed by atoms with van der Waals surface area (Å²) in [6, 6.07) is 0. The molecule has 590 valence electrons. The Morgan fingerprint density at radius 3 is 0.929 bits per heavy atom. The van der Waals surface area contributed by atoms with Gasteiger partial charge < -0.3 is 72.1 Å². The van der Waals surface area contributed by atoms with Gasteiger partial charge in [-0.1, -0.05) is 295 Å². The van der Waals surface area contributed by atoms with E-state index in [1.807, 2.05) is 14.1 Å². The number of carbonyl (C=O) groups is 2. The average Bonchev–Trinajstić information content (AvgIpc) is 1.18. The third-order valence-electron chi connectivity index (χ3n) is 19.2. The minimum Gasteiger partial charge on any atom is -1.00 e. The smallest absolute Gasteiger partial charge is 0.306 e. The van der Waals surface area contributed by atoms with Gasteiger partial charge in [-0.05, 0) is 128 Å². The molecule has 2 unspecified atom stereocenters. The van der Waals surface area contributed by atoms with Crippen molar-refractivity contribution in [2.24, 2.45) is 0 Å². The van der Waals surface area contributed by atoms with Gasteiger partial charge in [0.15, 0.2) is 6.10 Å². The molecule has 0 bridgehead atoms. The lowest BCUT2D eigenvalue weighted by Crippen LogP contribution is -3.00. The van der Waals surface area contributed by atoms with Gasteiger partial charge in [0.05, 0.1) is 47.9 Å². The van der Waals surface area contributed by atoms with Gasteiger partial charge in [-0.3, -0.25) is 9.59 Å². The maximum Gasteiger partial charge on any atom is 0.306 e. The molecular weight excluding hydrogens is 1360 g/mol. The molecule has 0 aromatic carbocycles. The number of carbonyl (C=O) groups excluding carboxylic acids is 2. The first kappa shape index (κ1) is 104. The van der Waals surface area contributed by atoms with E-state index in [4.69, 9.17) is 18.9 Å². The van der Waals surface area contributed by atoms with E-state index in [0.29, 0.717) is 37.0 Å². The number of ether oxygens (including phenoxy) is 4. The molecule has 0 aliphatic carbocycles. The summed E-state index contributed by atoms with van der Waals surface area (Å²) in [6.45, 7) is 14.8. The number of quaternary nitrogens is 2. The van der Waals surface area contributed by atoms with Crippen LogP contribution in [0.15, 0.2) is 48.6 Å². The summed E-state index contributed by atoms with van der Waals surface area (Å²) in [4.78, 5) is 25.1. The maximum atomic E-state index is 12.7. The summed E-state index contributed by atoms with van der Waals surface area (Å²) in [6.07, 6.45) is 89.4. The number of aliphatic hydroxyl groups excluding tert-OH is 2. The second kappa shape index (κ2) is 85.5. The van der Waals surface area contributed by atoms with Crippen LogP contribution >= 0.6 is 0 Å². The number of hydrogen-bond donors (Lipinski definition) is 2. The molecule has 0 rings (SSSR count). The molecule has 0 saturated heterocycles. The van der Waals surface area contributed by atoms with Crippen LogP contribution in [0.2, 0.25) is 0 Å². The molecule has 0 aliphatic rings. The number of rotatable bonds is 77. The van der Waals surface area contributed by atoms with Gasteiger partial charge in [0, 0.05) is 39.1 Å². The Hall–Kier alpha value is -1.38. The van der Waals surface area contributed by atoms with Crippen LogP contribution in [0.5, 0.6) is 0 Å². The van der Waals surface area contributed by atoms with E-state index in [0.717, 1.165) is 101 Å². The van der Waals surface area contributed by atoms with Crippen molar-refractivity contribution < 1.29 is 81.7 Å². The molecular formula is C87H170Br2N2O8. The molecule has 0 heterocycles. The Morgan fingerprint density at radius 2 is 0.596 bits per heavy atom. The Balaban J connectivity index is -0.000000894. The van der Waals surface area contributed by atoms with Crippen molar-refractivity contribution in [1.29, 1.82) is 0 Å². The van der Waals surface area contributed by atoms with Gasteiger partial charge in [-0.25, -0.2) is 0 Å². The molecule has 0 aromatic rings. The quantitative estimate of drug-likeness (QED) is 0.0268. The summed E-state index contributed by atoms with van der Waals surface area (Å²) < 4.78 is 25.3. The number of esters is 2. The van der Waals surface area contributed by atoms with Gasteiger partial charge in [0.2, 0.25) is 0 Å². The molecule has 0 aromatic heterocycles. The fraction of sp³-hybridized carbons (Fsp3) is 0.885. The van der Waals surface area contributed by atoms with Crippen LogP contribution in [0.3, 0.4) is 0 Å². The monoisotopic (exact) mass is 1530 g/mol. The van der Waals surface area contributed by atoms with E-state index in [1.165, 1.54) is 283 Å². The fourth-order valence-corrected chi connectivity index (χ4v) is 12.8. The summed E-state index contributed by atoms with van der Waals surface area (Å²) in [5.74, 6) is -0.441. The highest BCUT2D eigenvalue weighted by Gasteiger charge is 2.27. The van der Waals surface area contributed by atoms with Gasteiger partial charge in [0.25, 0.3) is 0 Å². The molecule has 0 spiro atoms. The number of nitrogens with zero attached hydrogens (tertiary/aromatic N) is 2. The zero-order valence-corrected chi connectivity index (χ0v) is 70.3. The number of hydrogen-bond acceptors (Lipinski definition) is 8. The second-order valence-corrected chi connectivity index (χ2v) is 30.4. The number of halogens is 2. The van der Waals surface area contributed by atoms with E-state index < -0.39 is 6.10 Å². The highest BCUT2D eigenvalue weighted by Crippen LogP contribution is 2.18. The van der Waals surface area contributed by atoms with Crippen LogP contribution in [-0.2, 0) is 28.5 Å². The molecule has 2 N–H and O–H groups in total. The highest BCUT2D eigenvalue weighted by molar-refractivity contribution is 5.70. The molecule has 12 heteroatoms. The van der Waals surface area contributed by atoms with Gasteiger partial charge in [0.1, 0.15) is 32.3 Å². The molecule has 0 aliphatic heterocycles. The topological polar surface area (TPSA) is 112 Å². The first-order chi connectivity index (χ1) is 47.4. The summed E-state index contributed by atoms with van der Waals surface area (Å²) in [7, 11) is 8.49. The van der Waals surface area contributed by atoms with Crippen LogP contribution in [0.25, 0.3) is 0 Å². The predicted molar refractivity (Wildman–Crippen MR) is 422 cm³/mol. The molecule has 0 amide bonds. The lowest BCUT2D eigenvalue weighted by atomic mass is 10.1. The van der Waals surface area contributed by atoms with E-state index >= 15 is 0 Å². The number of aliphatic hydroxyl groups is 2. The zero-order chi connectivity index (χ0) is 71.2. The van der Waals surface area contributed by atoms with Gasteiger partial charge in [-0.2, -0.15) is 0 Å². The van der Waals surface area contributed by atoms with E-state index in [2.05, 4.69) is 90.4 Å². The van der Waals surface area contributed by atoms with Crippen molar-refractivity contribution in [3.8, 4) is 0 Å². The van der Waals surface area contributed by atoms with Crippen molar-refractivity contribution in [3.05, 3.63) is 48.6 Å². The Morgan fingerprint density at radius 1 is 0.313 bits per heavy atom. The first-order valence-corrected chi connectivity index (χ1v) is 42.4. The second-order valence-electron chi connectivity index (χ2n) is 30.4. The average molecular weight is 1530 g/mol. The van der Waals surface area contributed by atoms with Crippen molar-refractivity contribution in [1.82, 2.24) is 0 Å². The third kappa shape index (κ3) is 87.2. The van der Waals surface area contributed by atoms with Crippen LogP contribution < -0.4 is 34.0 Å².